The van der Waals surface area contributed by atoms with Gasteiger partial charge in [-0.2, -0.15) is 5.10 Å². The Morgan fingerprint density at radius 2 is 1.89 bits per heavy atom. The van der Waals surface area contributed by atoms with Gasteiger partial charge in [0.15, 0.2) is 0 Å². The van der Waals surface area contributed by atoms with Crippen molar-refractivity contribution in [2.45, 2.75) is 19.3 Å². The molecule has 0 radical (unpaired) electrons. The topological polar surface area (TPSA) is 61.0 Å². The second kappa shape index (κ2) is 7.66. The van der Waals surface area contributed by atoms with Gasteiger partial charge in [-0.05, 0) is 37.0 Å². The van der Waals surface area contributed by atoms with Crippen LogP contribution in [0.5, 0.6) is 0 Å². The number of fused-ring (bicyclic) bond motifs is 3. The normalized spacial score (nSPS) is 12.2. The van der Waals surface area contributed by atoms with Gasteiger partial charge in [0.2, 0.25) is 0 Å². The molecule has 1 amide bonds. The number of carbonyl (C=O) groups excluding carboxylic acids is 1. The van der Waals surface area contributed by atoms with Gasteiger partial charge in [-0.25, -0.2) is 0 Å². The van der Waals surface area contributed by atoms with Gasteiger partial charge in [0.25, 0.3) is 5.91 Å². The average molecular weight is 360 g/mol. The van der Waals surface area contributed by atoms with E-state index >= 15 is 0 Å². The van der Waals surface area contributed by atoms with E-state index in [0.29, 0.717) is 12.2 Å². The molecule has 0 saturated heterocycles. The lowest BCUT2D eigenvalue weighted by Crippen LogP contribution is -2.29. The first-order valence-corrected chi connectivity index (χ1v) is 9.44. The van der Waals surface area contributed by atoms with Crippen molar-refractivity contribution < 1.29 is 4.79 Å². The van der Waals surface area contributed by atoms with E-state index in [2.05, 4.69) is 57.8 Å². The summed E-state index contributed by atoms with van der Waals surface area (Å²) in [7, 11) is 2.07. The lowest BCUT2D eigenvalue weighted by Gasteiger charge is -2.19. The average Bonchev–Trinajstić information content (AvgIpc) is 3.16. The SMILES string of the molecule is CN(CCCNC(=O)c1[nH]nc2c1CCc1ccccc1-2)c1ccccc1. The fraction of sp³-hybridized carbons (Fsp3) is 0.273. The molecule has 0 spiro atoms. The molecule has 0 aliphatic heterocycles. The number of hydrogen-bond acceptors (Lipinski definition) is 3. The monoisotopic (exact) mass is 360 g/mol. The van der Waals surface area contributed by atoms with Crippen LogP contribution in [0.1, 0.15) is 28.0 Å². The van der Waals surface area contributed by atoms with Crippen molar-refractivity contribution in [3.05, 3.63) is 71.4 Å². The predicted molar refractivity (Wildman–Crippen MR) is 108 cm³/mol. The first-order chi connectivity index (χ1) is 13.2. The molecule has 1 aliphatic carbocycles. The molecule has 138 valence electrons. The molecule has 2 N–H and O–H groups in total. The zero-order chi connectivity index (χ0) is 18.6. The van der Waals surface area contributed by atoms with E-state index in [1.54, 1.807) is 0 Å². The van der Waals surface area contributed by atoms with E-state index in [-0.39, 0.29) is 5.91 Å². The van der Waals surface area contributed by atoms with Crippen LogP contribution in [0.4, 0.5) is 5.69 Å². The van der Waals surface area contributed by atoms with Gasteiger partial charge in [0, 0.05) is 37.0 Å². The molecule has 0 atom stereocenters. The second-order valence-corrected chi connectivity index (χ2v) is 6.95. The Kier molecular flexibility index (Phi) is 4.92. The lowest BCUT2D eigenvalue weighted by molar-refractivity contribution is 0.0947. The molecular weight excluding hydrogens is 336 g/mol. The number of nitrogens with zero attached hydrogens (tertiary/aromatic N) is 2. The minimum Gasteiger partial charge on any atom is -0.375 e. The largest absolute Gasteiger partial charge is 0.375 e. The van der Waals surface area contributed by atoms with E-state index in [1.807, 2.05) is 24.3 Å². The second-order valence-electron chi connectivity index (χ2n) is 6.95. The summed E-state index contributed by atoms with van der Waals surface area (Å²) in [5.41, 5.74) is 6.19. The zero-order valence-electron chi connectivity index (χ0n) is 15.5. The van der Waals surface area contributed by atoms with Crippen LogP contribution in [-0.2, 0) is 12.8 Å². The van der Waals surface area contributed by atoms with Crippen LogP contribution in [0.3, 0.4) is 0 Å². The third-order valence-corrected chi connectivity index (χ3v) is 5.16. The highest BCUT2D eigenvalue weighted by atomic mass is 16.1. The summed E-state index contributed by atoms with van der Waals surface area (Å²) in [6, 6.07) is 18.6. The zero-order valence-corrected chi connectivity index (χ0v) is 15.5. The van der Waals surface area contributed by atoms with Gasteiger partial charge in [-0.1, -0.05) is 42.5 Å². The third-order valence-electron chi connectivity index (χ3n) is 5.16. The number of carbonyl (C=O) groups is 1. The summed E-state index contributed by atoms with van der Waals surface area (Å²) >= 11 is 0. The summed E-state index contributed by atoms with van der Waals surface area (Å²) in [6.07, 6.45) is 2.68. The summed E-state index contributed by atoms with van der Waals surface area (Å²) < 4.78 is 0. The van der Waals surface area contributed by atoms with Crippen LogP contribution < -0.4 is 10.2 Å². The van der Waals surface area contributed by atoms with Gasteiger partial charge in [-0.3, -0.25) is 9.89 Å². The molecule has 0 fully saturated rings. The van der Waals surface area contributed by atoms with Crippen molar-refractivity contribution in [2.75, 3.05) is 25.0 Å². The quantitative estimate of drug-likeness (QED) is 0.662. The summed E-state index contributed by atoms with van der Waals surface area (Å²) in [6.45, 7) is 1.53. The van der Waals surface area contributed by atoms with E-state index < -0.39 is 0 Å². The fourth-order valence-corrected chi connectivity index (χ4v) is 3.67. The predicted octanol–water partition coefficient (Wildman–Crippen LogP) is 3.43. The fourth-order valence-electron chi connectivity index (χ4n) is 3.67. The maximum atomic E-state index is 12.6. The molecule has 1 aromatic heterocycles. The first-order valence-electron chi connectivity index (χ1n) is 9.44. The minimum absolute atomic E-state index is 0.0644. The molecule has 2 aromatic carbocycles. The number of aromatic nitrogens is 2. The van der Waals surface area contributed by atoms with Gasteiger partial charge in [-0.15, -0.1) is 0 Å². The van der Waals surface area contributed by atoms with Crippen molar-refractivity contribution in [1.82, 2.24) is 15.5 Å². The molecule has 0 unspecified atom stereocenters. The lowest BCUT2D eigenvalue weighted by atomic mass is 9.89. The van der Waals surface area contributed by atoms with Gasteiger partial charge in [0.05, 0.1) is 5.69 Å². The molecule has 0 bridgehead atoms. The Hall–Kier alpha value is -3.08. The number of anilines is 1. The molecule has 3 aromatic rings. The van der Waals surface area contributed by atoms with Crippen LogP contribution >= 0.6 is 0 Å². The molecule has 4 rings (SSSR count). The molecule has 27 heavy (non-hydrogen) atoms. The Morgan fingerprint density at radius 1 is 1.11 bits per heavy atom. The number of para-hydroxylation sites is 1. The number of rotatable bonds is 6. The number of nitrogens with one attached hydrogen (secondary N) is 2. The summed E-state index contributed by atoms with van der Waals surface area (Å²) in [5.74, 6) is -0.0644. The van der Waals surface area contributed by atoms with Gasteiger partial charge in [0.1, 0.15) is 5.69 Å². The van der Waals surface area contributed by atoms with E-state index in [4.69, 9.17) is 0 Å². The van der Waals surface area contributed by atoms with Crippen LogP contribution in [0.25, 0.3) is 11.3 Å². The van der Waals surface area contributed by atoms with E-state index in [1.165, 1.54) is 11.3 Å². The number of amides is 1. The van der Waals surface area contributed by atoms with E-state index in [9.17, 15) is 4.79 Å². The van der Waals surface area contributed by atoms with Crippen molar-refractivity contribution in [3.63, 3.8) is 0 Å². The highest BCUT2D eigenvalue weighted by Crippen LogP contribution is 2.33. The molecule has 1 heterocycles. The molecule has 0 saturated carbocycles. The van der Waals surface area contributed by atoms with Gasteiger partial charge < -0.3 is 10.2 Å². The Bertz CT molecular complexity index is 932. The van der Waals surface area contributed by atoms with Crippen LogP contribution in [-0.4, -0.2) is 36.2 Å². The number of hydrogen-bond donors (Lipinski definition) is 2. The molecule has 1 aliphatic rings. The van der Waals surface area contributed by atoms with E-state index in [0.717, 1.165) is 42.6 Å². The maximum absolute atomic E-state index is 12.6. The highest BCUT2D eigenvalue weighted by molar-refractivity contribution is 5.96. The number of aryl methyl sites for hydroxylation is 1. The molecular formula is C22H24N4O. The van der Waals surface area contributed by atoms with Crippen molar-refractivity contribution in [1.29, 1.82) is 0 Å². The maximum Gasteiger partial charge on any atom is 0.269 e. The van der Waals surface area contributed by atoms with Gasteiger partial charge >= 0.3 is 0 Å². The van der Waals surface area contributed by atoms with Crippen LogP contribution in [0.2, 0.25) is 0 Å². The minimum atomic E-state index is -0.0644. The summed E-state index contributed by atoms with van der Waals surface area (Å²) in [4.78, 5) is 14.8. The van der Waals surface area contributed by atoms with Crippen LogP contribution in [0.15, 0.2) is 54.6 Å². The van der Waals surface area contributed by atoms with Crippen molar-refractivity contribution >= 4 is 11.6 Å². The van der Waals surface area contributed by atoms with Crippen LogP contribution in [0, 0.1) is 0 Å². The standard InChI is InChI=1S/C22H24N4O/c1-26(17-9-3-2-4-10-17)15-7-14-23-22(27)21-19-13-12-16-8-5-6-11-18(16)20(19)24-25-21/h2-6,8-11H,7,12-15H2,1H3,(H,23,27)(H,24,25). The first kappa shape index (κ1) is 17.3. The molecule has 5 nitrogen and oxygen atoms in total. The Labute approximate surface area is 159 Å². The van der Waals surface area contributed by atoms with Crippen molar-refractivity contribution in [3.8, 4) is 11.3 Å². The Balaban J connectivity index is 1.35. The number of benzene rings is 2. The highest BCUT2D eigenvalue weighted by Gasteiger charge is 2.24. The molecule has 5 heteroatoms. The smallest absolute Gasteiger partial charge is 0.269 e. The number of H-pyrrole nitrogens is 1. The third kappa shape index (κ3) is 3.58. The van der Waals surface area contributed by atoms with Crippen molar-refractivity contribution in [2.24, 2.45) is 0 Å². The number of aromatic amines is 1. The Morgan fingerprint density at radius 3 is 2.74 bits per heavy atom. The summed E-state index contributed by atoms with van der Waals surface area (Å²) in [5, 5.41) is 10.4.